The van der Waals surface area contributed by atoms with Crippen LogP contribution >= 0.6 is 0 Å². The second-order valence-corrected chi connectivity index (χ2v) is 10.9. The Morgan fingerprint density at radius 3 is 2.70 bits per heavy atom. The van der Waals surface area contributed by atoms with E-state index in [0.29, 0.717) is 41.0 Å². The maximum Gasteiger partial charge on any atom is 0.260 e. The first-order valence-corrected chi connectivity index (χ1v) is 13.9. The Kier molecular flexibility index (Phi) is 6.27. The topological polar surface area (TPSA) is 84.9 Å². The van der Waals surface area contributed by atoms with Gasteiger partial charge in [-0.3, -0.25) is 9.00 Å². The van der Waals surface area contributed by atoms with Crippen molar-refractivity contribution in [2.24, 2.45) is 0 Å². The van der Waals surface area contributed by atoms with E-state index in [1.807, 2.05) is 23.1 Å². The van der Waals surface area contributed by atoms with Gasteiger partial charge in [-0.25, -0.2) is 14.4 Å². The van der Waals surface area contributed by atoms with Gasteiger partial charge < -0.3 is 19.3 Å². The molecule has 8 nitrogen and oxygen atoms in total. The smallest absolute Gasteiger partial charge is 0.260 e. The van der Waals surface area contributed by atoms with Crippen LogP contribution in [0.25, 0.3) is 11.4 Å². The molecule has 0 aliphatic carbocycles. The van der Waals surface area contributed by atoms with Crippen LogP contribution in [0, 0.1) is 5.82 Å². The molecule has 4 heterocycles. The zero-order valence-corrected chi connectivity index (χ0v) is 21.4. The second kappa shape index (κ2) is 9.74. The number of carbonyl (C=O) groups excluding carboxylic acids is 1. The average molecular weight is 523 g/mol. The van der Waals surface area contributed by atoms with E-state index in [1.54, 1.807) is 12.1 Å². The summed E-state index contributed by atoms with van der Waals surface area (Å²) in [5.41, 5.74) is 4.20. The van der Waals surface area contributed by atoms with Crippen molar-refractivity contribution in [2.75, 3.05) is 38.3 Å². The summed E-state index contributed by atoms with van der Waals surface area (Å²) in [7, 11) is 0.353. The first-order chi connectivity index (χ1) is 18.0. The van der Waals surface area contributed by atoms with Gasteiger partial charge in [-0.1, -0.05) is 6.07 Å². The predicted octanol–water partition coefficient (Wildman–Crippen LogP) is 3.75. The van der Waals surface area contributed by atoms with Crippen molar-refractivity contribution in [1.29, 1.82) is 0 Å². The molecule has 1 fully saturated rings. The molecule has 192 valence electrons. The third kappa shape index (κ3) is 4.54. The van der Waals surface area contributed by atoms with Crippen LogP contribution in [0.3, 0.4) is 0 Å². The first kappa shape index (κ1) is 23.8. The van der Waals surface area contributed by atoms with Crippen LogP contribution in [0.2, 0.25) is 0 Å². The Bertz CT molecular complexity index is 1410. The summed E-state index contributed by atoms with van der Waals surface area (Å²) in [6.07, 6.45) is 2.90. The Labute approximate surface area is 216 Å². The Balaban J connectivity index is 1.33. The molecule has 37 heavy (non-hydrogen) atoms. The Morgan fingerprint density at radius 1 is 1.08 bits per heavy atom. The van der Waals surface area contributed by atoms with Crippen LogP contribution in [-0.4, -0.2) is 58.3 Å². The molecule has 1 amide bonds. The van der Waals surface area contributed by atoms with Crippen LogP contribution in [0.4, 0.5) is 15.9 Å². The van der Waals surface area contributed by atoms with Crippen LogP contribution in [0.15, 0.2) is 36.4 Å². The summed E-state index contributed by atoms with van der Waals surface area (Å²) in [6, 6.07) is 10.5. The molecule has 3 aliphatic rings. The van der Waals surface area contributed by atoms with Gasteiger partial charge in [0.1, 0.15) is 11.6 Å². The van der Waals surface area contributed by atoms with Gasteiger partial charge in [0, 0.05) is 53.3 Å². The summed E-state index contributed by atoms with van der Waals surface area (Å²) in [5, 5.41) is 0. The number of rotatable bonds is 6. The number of anilines is 2. The van der Waals surface area contributed by atoms with Crippen molar-refractivity contribution in [1.82, 2.24) is 14.9 Å². The number of ether oxygens (including phenoxy) is 2. The molecule has 6 rings (SSSR count). The lowest BCUT2D eigenvalue weighted by Gasteiger charge is -2.22. The van der Waals surface area contributed by atoms with Crippen LogP contribution in [0.1, 0.15) is 29.7 Å². The maximum atomic E-state index is 14.5. The quantitative estimate of drug-likeness (QED) is 0.488. The van der Waals surface area contributed by atoms with E-state index in [-0.39, 0.29) is 18.3 Å². The Morgan fingerprint density at radius 2 is 1.92 bits per heavy atom. The molecule has 0 N–H and O–H groups in total. The zero-order valence-electron chi connectivity index (χ0n) is 20.5. The largest absolute Gasteiger partial charge is 0.494 e. The molecule has 1 aromatic heterocycles. The predicted molar refractivity (Wildman–Crippen MR) is 138 cm³/mol. The molecule has 0 saturated carbocycles. The van der Waals surface area contributed by atoms with Crippen molar-refractivity contribution in [2.45, 2.75) is 30.8 Å². The number of likely N-dealkylation sites (tertiary alicyclic amines) is 1. The second-order valence-electron chi connectivity index (χ2n) is 9.44. The van der Waals surface area contributed by atoms with Gasteiger partial charge in [0.15, 0.2) is 24.0 Å². The molecule has 3 aliphatic heterocycles. The monoisotopic (exact) mass is 522 g/mol. The first-order valence-electron chi connectivity index (χ1n) is 12.4. The number of amides is 1. The van der Waals surface area contributed by atoms with Crippen molar-refractivity contribution in [3.8, 4) is 22.9 Å². The van der Waals surface area contributed by atoms with Gasteiger partial charge >= 0.3 is 0 Å². The van der Waals surface area contributed by atoms with Gasteiger partial charge in [0.25, 0.3) is 5.91 Å². The fourth-order valence-corrected chi connectivity index (χ4v) is 6.44. The van der Waals surface area contributed by atoms with Crippen molar-refractivity contribution in [3.63, 3.8) is 0 Å². The van der Waals surface area contributed by atoms with Crippen molar-refractivity contribution in [3.05, 3.63) is 59.0 Å². The summed E-state index contributed by atoms with van der Waals surface area (Å²) in [4.78, 5) is 25.9. The van der Waals surface area contributed by atoms with E-state index in [9.17, 15) is 13.4 Å². The minimum Gasteiger partial charge on any atom is -0.494 e. The molecule has 1 unspecified atom stereocenters. The SMILES string of the molecule is COc1ccc(-c2nc3c(c(N4CCc5ccc(OCC(=O)N6CCCC6)cc54)n2)CS(=O)C3)cc1F. The van der Waals surface area contributed by atoms with E-state index in [4.69, 9.17) is 14.5 Å². The third-order valence-corrected chi connectivity index (χ3v) is 8.32. The molecule has 1 atom stereocenters. The van der Waals surface area contributed by atoms with E-state index >= 15 is 0 Å². The molecule has 0 bridgehead atoms. The number of carbonyl (C=O) groups is 1. The third-order valence-electron chi connectivity index (χ3n) is 7.11. The number of aromatic nitrogens is 2. The molecule has 0 spiro atoms. The van der Waals surface area contributed by atoms with Gasteiger partial charge in [0.2, 0.25) is 0 Å². The summed E-state index contributed by atoms with van der Waals surface area (Å²) in [5.74, 6) is 2.07. The van der Waals surface area contributed by atoms with Crippen LogP contribution < -0.4 is 14.4 Å². The van der Waals surface area contributed by atoms with E-state index in [0.717, 1.165) is 54.9 Å². The van der Waals surface area contributed by atoms with E-state index < -0.39 is 16.6 Å². The van der Waals surface area contributed by atoms with Crippen LogP contribution in [0.5, 0.6) is 11.5 Å². The molecule has 10 heteroatoms. The molecule has 2 aromatic carbocycles. The van der Waals surface area contributed by atoms with Crippen molar-refractivity contribution < 1.29 is 22.9 Å². The molecular weight excluding hydrogens is 495 g/mol. The lowest BCUT2D eigenvalue weighted by Crippen LogP contribution is -2.32. The number of methoxy groups -OCH3 is 1. The van der Waals surface area contributed by atoms with Crippen LogP contribution in [-0.2, 0) is 33.5 Å². The van der Waals surface area contributed by atoms with Gasteiger partial charge in [-0.15, -0.1) is 0 Å². The number of halogens is 1. The summed E-state index contributed by atoms with van der Waals surface area (Å²) >= 11 is 0. The molecule has 1 saturated heterocycles. The van der Waals surface area contributed by atoms with E-state index in [1.165, 1.54) is 13.2 Å². The highest BCUT2D eigenvalue weighted by molar-refractivity contribution is 7.83. The van der Waals surface area contributed by atoms with E-state index in [2.05, 4.69) is 9.88 Å². The molecule has 0 radical (unpaired) electrons. The number of benzene rings is 2. The zero-order chi connectivity index (χ0) is 25.5. The normalized spacial score (nSPS) is 18.2. The number of hydrogen-bond donors (Lipinski definition) is 0. The maximum absolute atomic E-state index is 14.5. The van der Waals surface area contributed by atoms with Gasteiger partial charge in [-0.2, -0.15) is 0 Å². The highest BCUT2D eigenvalue weighted by Gasteiger charge is 2.31. The van der Waals surface area contributed by atoms with Crippen molar-refractivity contribution >= 4 is 28.2 Å². The highest BCUT2D eigenvalue weighted by Crippen LogP contribution is 2.41. The standard InChI is InChI=1S/C27H27FN4O4S/c1-35-24-7-5-18(12-21(24)28)26-29-22-16-37(34)15-20(22)27(30-26)32-11-8-17-4-6-19(13-23(17)32)36-14-25(33)31-9-2-3-10-31/h4-7,12-13H,2-3,8-11,14-16H2,1H3. The average Bonchev–Trinajstić information content (AvgIpc) is 3.65. The summed E-state index contributed by atoms with van der Waals surface area (Å²) < 4.78 is 37.9. The highest BCUT2D eigenvalue weighted by atomic mass is 32.2. The number of fused-ring (bicyclic) bond motifs is 2. The summed E-state index contributed by atoms with van der Waals surface area (Å²) in [6.45, 7) is 2.29. The number of nitrogens with zero attached hydrogens (tertiary/aromatic N) is 4. The Hall–Kier alpha value is -3.53. The minimum atomic E-state index is -1.07. The molecule has 3 aromatic rings. The van der Waals surface area contributed by atoms with Gasteiger partial charge in [0.05, 0.1) is 24.3 Å². The fraction of sp³-hybridized carbons (Fsp3) is 0.370. The lowest BCUT2D eigenvalue weighted by molar-refractivity contribution is -0.132. The number of hydrogen-bond acceptors (Lipinski definition) is 7. The lowest BCUT2D eigenvalue weighted by atomic mass is 10.1. The fourth-order valence-electron chi connectivity index (χ4n) is 5.18. The van der Waals surface area contributed by atoms with Gasteiger partial charge in [-0.05, 0) is 49.1 Å². The minimum absolute atomic E-state index is 0.00215. The molecular formula is C27H27FN4O4S.